The van der Waals surface area contributed by atoms with Gasteiger partial charge in [-0.25, -0.2) is 4.98 Å². The van der Waals surface area contributed by atoms with Gasteiger partial charge in [0.2, 0.25) is 17.7 Å². The predicted molar refractivity (Wildman–Crippen MR) is 127 cm³/mol. The molecule has 9 nitrogen and oxygen atoms in total. The van der Waals surface area contributed by atoms with Gasteiger partial charge in [-0.1, -0.05) is 6.08 Å². The fourth-order valence-electron chi connectivity index (χ4n) is 3.24. The minimum absolute atomic E-state index is 0.0487. The molecule has 2 heterocycles. The third kappa shape index (κ3) is 6.51. The van der Waals surface area contributed by atoms with Crippen molar-refractivity contribution in [3.63, 3.8) is 0 Å². The molecular formula is C22H27BrN6O3. The Morgan fingerprint density at radius 1 is 1.31 bits per heavy atom. The molecule has 1 aromatic carbocycles. The highest BCUT2D eigenvalue weighted by Gasteiger charge is 2.27. The number of nitrogens with one attached hydrogen (secondary N) is 2. The number of hydrogen-bond acceptors (Lipinski definition) is 7. The van der Waals surface area contributed by atoms with Crippen molar-refractivity contribution in [2.24, 2.45) is 0 Å². The zero-order chi connectivity index (χ0) is 23.1. The largest absolute Gasteiger partial charge is 0.480 e. The third-order valence-electron chi connectivity index (χ3n) is 4.85. The van der Waals surface area contributed by atoms with Crippen molar-refractivity contribution in [2.75, 3.05) is 51.5 Å². The van der Waals surface area contributed by atoms with Crippen molar-refractivity contribution in [3.05, 3.63) is 52.7 Å². The van der Waals surface area contributed by atoms with Gasteiger partial charge in [-0.15, -0.1) is 0 Å². The van der Waals surface area contributed by atoms with E-state index in [1.807, 2.05) is 19.0 Å². The average molecular weight is 503 g/mol. The summed E-state index contributed by atoms with van der Waals surface area (Å²) in [5.41, 5.74) is 1.22. The highest BCUT2D eigenvalue weighted by Crippen LogP contribution is 2.23. The van der Waals surface area contributed by atoms with Crippen LogP contribution >= 0.6 is 15.9 Å². The number of likely N-dealkylation sites (N-methyl/N-ethyl adjacent to an activating group) is 1. The topological polar surface area (TPSA) is 99.7 Å². The molecule has 0 aliphatic carbocycles. The molecule has 10 heteroatoms. The zero-order valence-electron chi connectivity index (χ0n) is 18.3. The van der Waals surface area contributed by atoms with E-state index in [9.17, 15) is 9.59 Å². The van der Waals surface area contributed by atoms with Gasteiger partial charge in [0.15, 0.2) is 0 Å². The minimum atomic E-state index is -0.203. The van der Waals surface area contributed by atoms with Gasteiger partial charge in [0.1, 0.15) is 0 Å². The van der Waals surface area contributed by atoms with Gasteiger partial charge in [0, 0.05) is 43.0 Å². The molecule has 0 radical (unpaired) electrons. The van der Waals surface area contributed by atoms with Gasteiger partial charge in [-0.05, 0) is 60.7 Å². The molecule has 0 saturated carbocycles. The first-order valence-corrected chi connectivity index (χ1v) is 11.0. The fraction of sp³-hybridized carbons (Fsp3) is 0.364. The summed E-state index contributed by atoms with van der Waals surface area (Å²) in [5.74, 6) is 0.663. The van der Waals surface area contributed by atoms with E-state index in [0.717, 1.165) is 6.42 Å². The van der Waals surface area contributed by atoms with Crippen molar-refractivity contribution in [3.8, 4) is 5.88 Å². The standard InChI is InChI=1S/C22H27BrN6O3/c1-28(2)11-4-5-19(30)25-16-8-6-15(7-9-16)21(31)29-12-10-17(14-29)26-22-24-13-18(23)20(27-22)32-3/h4-9,13,17H,10-12,14H2,1-3H3,(H,25,30)(H,24,26,27)/b5-4+/t17-/m1/s1. The second-order valence-electron chi connectivity index (χ2n) is 7.66. The Labute approximate surface area is 196 Å². The van der Waals surface area contributed by atoms with Crippen LogP contribution in [-0.4, -0.2) is 78.5 Å². The van der Waals surface area contributed by atoms with Crippen molar-refractivity contribution >= 4 is 39.4 Å². The second-order valence-corrected chi connectivity index (χ2v) is 8.52. The van der Waals surface area contributed by atoms with Crippen LogP contribution < -0.4 is 15.4 Å². The van der Waals surface area contributed by atoms with E-state index < -0.39 is 0 Å². The highest BCUT2D eigenvalue weighted by molar-refractivity contribution is 9.10. The SMILES string of the molecule is COc1nc(N[C@@H]2CCN(C(=O)c3ccc(NC(=O)/C=C/CN(C)C)cc3)C2)ncc1Br. The number of anilines is 2. The lowest BCUT2D eigenvalue weighted by Crippen LogP contribution is -2.31. The first-order valence-electron chi connectivity index (χ1n) is 10.2. The van der Waals surface area contributed by atoms with E-state index in [4.69, 9.17) is 4.74 Å². The molecule has 0 spiro atoms. The lowest BCUT2D eigenvalue weighted by molar-refractivity contribution is -0.111. The number of carbonyl (C=O) groups is 2. The Bertz CT molecular complexity index is 980. The first kappa shape index (κ1) is 23.7. The van der Waals surface area contributed by atoms with E-state index in [2.05, 4.69) is 36.5 Å². The molecule has 0 unspecified atom stereocenters. The number of hydrogen-bond donors (Lipinski definition) is 2. The van der Waals surface area contributed by atoms with Crippen LogP contribution in [0.1, 0.15) is 16.8 Å². The second kappa shape index (κ2) is 11.1. The van der Waals surface area contributed by atoms with Crippen molar-refractivity contribution < 1.29 is 14.3 Å². The number of aromatic nitrogens is 2. The van der Waals surface area contributed by atoms with Crippen LogP contribution in [0.15, 0.2) is 47.1 Å². The van der Waals surface area contributed by atoms with Gasteiger partial charge in [0.05, 0.1) is 17.8 Å². The van der Waals surface area contributed by atoms with Gasteiger partial charge in [-0.3, -0.25) is 9.59 Å². The van der Waals surface area contributed by atoms with E-state index in [1.54, 1.807) is 48.5 Å². The Morgan fingerprint density at radius 2 is 2.06 bits per heavy atom. The van der Waals surface area contributed by atoms with Crippen molar-refractivity contribution in [2.45, 2.75) is 12.5 Å². The Kier molecular flexibility index (Phi) is 8.18. The fourth-order valence-corrected chi connectivity index (χ4v) is 3.60. The Hall–Kier alpha value is -2.98. The summed E-state index contributed by atoms with van der Waals surface area (Å²) in [4.78, 5) is 37.1. The van der Waals surface area contributed by atoms with Crippen LogP contribution in [0.4, 0.5) is 11.6 Å². The molecule has 0 bridgehead atoms. The van der Waals surface area contributed by atoms with E-state index in [-0.39, 0.29) is 17.9 Å². The number of ether oxygens (including phenoxy) is 1. The molecule has 1 saturated heterocycles. The molecular weight excluding hydrogens is 476 g/mol. The number of methoxy groups -OCH3 is 1. The summed E-state index contributed by atoms with van der Waals surface area (Å²) in [6, 6.07) is 6.98. The monoisotopic (exact) mass is 502 g/mol. The normalized spacial score (nSPS) is 15.9. The minimum Gasteiger partial charge on any atom is -0.480 e. The molecule has 1 aliphatic heterocycles. The summed E-state index contributed by atoms with van der Waals surface area (Å²) in [6.07, 6.45) is 5.72. The number of benzene rings is 1. The summed E-state index contributed by atoms with van der Waals surface area (Å²) in [7, 11) is 5.41. The highest BCUT2D eigenvalue weighted by atomic mass is 79.9. The molecule has 3 rings (SSSR count). The molecule has 1 fully saturated rings. The van der Waals surface area contributed by atoms with Crippen LogP contribution in [0.3, 0.4) is 0 Å². The number of nitrogens with zero attached hydrogens (tertiary/aromatic N) is 4. The van der Waals surface area contributed by atoms with Crippen LogP contribution in [0.5, 0.6) is 5.88 Å². The molecule has 2 N–H and O–H groups in total. The molecule has 170 valence electrons. The Morgan fingerprint density at radius 3 is 2.75 bits per heavy atom. The summed E-state index contributed by atoms with van der Waals surface area (Å²) in [6.45, 7) is 1.88. The van der Waals surface area contributed by atoms with E-state index >= 15 is 0 Å². The van der Waals surface area contributed by atoms with Crippen molar-refractivity contribution in [1.29, 1.82) is 0 Å². The molecule has 1 aliphatic rings. The van der Waals surface area contributed by atoms with Crippen LogP contribution in [0.2, 0.25) is 0 Å². The number of carbonyl (C=O) groups excluding carboxylic acids is 2. The maximum Gasteiger partial charge on any atom is 0.253 e. The number of rotatable bonds is 8. The van der Waals surface area contributed by atoms with Gasteiger partial charge in [-0.2, -0.15) is 4.98 Å². The lowest BCUT2D eigenvalue weighted by atomic mass is 10.2. The zero-order valence-corrected chi connectivity index (χ0v) is 19.9. The quantitative estimate of drug-likeness (QED) is 0.535. The average Bonchev–Trinajstić information content (AvgIpc) is 3.23. The van der Waals surface area contributed by atoms with E-state index in [1.165, 1.54) is 6.08 Å². The summed E-state index contributed by atoms with van der Waals surface area (Å²) < 4.78 is 5.87. The van der Waals surface area contributed by atoms with Gasteiger partial charge < -0.3 is 25.2 Å². The molecule has 1 aromatic heterocycles. The van der Waals surface area contributed by atoms with Gasteiger partial charge in [0.25, 0.3) is 5.91 Å². The van der Waals surface area contributed by atoms with Crippen LogP contribution in [0.25, 0.3) is 0 Å². The molecule has 32 heavy (non-hydrogen) atoms. The van der Waals surface area contributed by atoms with Crippen LogP contribution in [-0.2, 0) is 4.79 Å². The number of halogens is 1. The summed E-state index contributed by atoms with van der Waals surface area (Å²) >= 11 is 3.33. The van der Waals surface area contributed by atoms with Crippen LogP contribution in [0, 0.1) is 0 Å². The number of amides is 2. The van der Waals surface area contributed by atoms with E-state index in [0.29, 0.717) is 47.2 Å². The number of likely N-dealkylation sites (tertiary alicyclic amines) is 1. The smallest absolute Gasteiger partial charge is 0.253 e. The molecule has 2 amide bonds. The third-order valence-corrected chi connectivity index (χ3v) is 5.40. The molecule has 2 aromatic rings. The lowest BCUT2D eigenvalue weighted by Gasteiger charge is -2.17. The summed E-state index contributed by atoms with van der Waals surface area (Å²) in [5, 5.41) is 6.05. The van der Waals surface area contributed by atoms with Gasteiger partial charge >= 0.3 is 0 Å². The molecule has 1 atom stereocenters. The first-order chi connectivity index (χ1) is 15.4. The van der Waals surface area contributed by atoms with Crippen molar-refractivity contribution in [1.82, 2.24) is 19.8 Å². The maximum absolute atomic E-state index is 12.9. The Balaban J connectivity index is 1.53. The maximum atomic E-state index is 12.9. The predicted octanol–water partition coefficient (Wildman–Crippen LogP) is 2.63.